The van der Waals surface area contributed by atoms with Crippen LogP contribution in [-0.2, 0) is 0 Å². The van der Waals surface area contributed by atoms with Crippen LogP contribution in [0.2, 0.25) is 0 Å². The number of nitrogens with zero attached hydrogens (tertiary/aromatic N) is 3. The number of aromatic nitrogens is 2. The van der Waals surface area contributed by atoms with E-state index in [0.717, 1.165) is 65.0 Å². The van der Waals surface area contributed by atoms with E-state index in [-0.39, 0.29) is 0 Å². The fourth-order valence-electron chi connectivity index (χ4n) is 4.79. The molecule has 3 aromatic carbocycles. The van der Waals surface area contributed by atoms with Crippen molar-refractivity contribution in [2.24, 2.45) is 0 Å². The van der Waals surface area contributed by atoms with Gasteiger partial charge in [0.2, 0.25) is 0 Å². The zero-order chi connectivity index (χ0) is 25.5. The summed E-state index contributed by atoms with van der Waals surface area (Å²) in [6, 6.07) is 26.4. The first-order chi connectivity index (χ1) is 18.2. The van der Waals surface area contributed by atoms with E-state index in [0.29, 0.717) is 0 Å². The van der Waals surface area contributed by atoms with Crippen LogP contribution in [0.15, 0.2) is 78.9 Å². The molecular weight excluding hydrogens is 462 g/mol. The molecule has 0 aliphatic carbocycles. The highest BCUT2D eigenvalue weighted by molar-refractivity contribution is 5.71. The first-order valence-corrected chi connectivity index (χ1v) is 13.1. The van der Waals surface area contributed by atoms with Gasteiger partial charge in [-0.1, -0.05) is 6.42 Å². The van der Waals surface area contributed by atoms with Gasteiger partial charge in [0.05, 0.1) is 37.9 Å². The Labute approximate surface area is 219 Å². The summed E-state index contributed by atoms with van der Waals surface area (Å²) in [6.07, 6.45) is 5.08. The van der Waals surface area contributed by atoms with Crippen LogP contribution in [0.25, 0.3) is 28.2 Å². The molecule has 6 heteroatoms. The van der Waals surface area contributed by atoms with Gasteiger partial charge in [-0.05, 0) is 111 Å². The van der Waals surface area contributed by atoms with Crippen molar-refractivity contribution in [1.82, 2.24) is 14.7 Å². The van der Waals surface area contributed by atoms with Crippen LogP contribution in [0, 0.1) is 0 Å². The number of likely N-dealkylation sites (tertiary alicyclic amines) is 1. The molecule has 5 rings (SSSR count). The molecule has 0 radical (unpaired) electrons. The average Bonchev–Trinajstić information content (AvgIpc) is 3.42. The van der Waals surface area contributed by atoms with Crippen molar-refractivity contribution in [1.29, 1.82) is 0 Å². The predicted molar refractivity (Wildman–Crippen MR) is 148 cm³/mol. The maximum Gasteiger partial charge on any atom is 0.119 e. The van der Waals surface area contributed by atoms with E-state index in [9.17, 15) is 0 Å². The summed E-state index contributed by atoms with van der Waals surface area (Å²) in [4.78, 5) is 2.55. The van der Waals surface area contributed by atoms with E-state index >= 15 is 0 Å². The molecule has 0 saturated carbocycles. The van der Waals surface area contributed by atoms with Crippen molar-refractivity contribution in [3.8, 4) is 45.5 Å². The van der Waals surface area contributed by atoms with Crippen LogP contribution in [-0.4, -0.2) is 55.1 Å². The number of benzene rings is 3. The van der Waals surface area contributed by atoms with Crippen molar-refractivity contribution in [2.45, 2.75) is 25.7 Å². The lowest BCUT2D eigenvalue weighted by Gasteiger charge is -2.26. The third-order valence-electron chi connectivity index (χ3n) is 6.90. The van der Waals surface area contributed by atoms with Crippen molar-refractivity contribution in [3.05, 3.63) is 78.9 Å². The van der Waals surface area contributed by atoms with Crippen molar-refractivity contribution in [3.63, 3.8) is 0 Å². The van der Waals surface area contributed by atoms with Gasteiger partial charge in [0.15, 0.2) is 0 Å². The van der Waals surface area contributed by atoms with E-state index in [1.54, 1.807) is 14.2 Å². The van der Waals surface area contributed by atoms with Crippen LogP contribution >= 0.6 is 0 Å². The van der Waals surface area contributed by atoms with E-state index in [4.69, 9.17) is 19.3 Å². The number of ether oxygens (including phenoxy) is 3. The van der Waals surface area contributed by atoms with Crippen LogP contribution in [0.1, 0.15) is 25.7 Å². The lowest BCUT2D eigenvalue weighted by molar-refractivity contribution is 0.205. The van der Waals surface area contributed by atoms with Gasteiger partial charge in [0.1, 0.15) is 17.2 Å². The van der Waals surface area contributed by atoms with Crippen LogP contribution in [0.3, 0.4) is 0 Å². The Bertz CT molecular complexity index is 1260. The molecule has 192 valence electrons. The van der Waals surface area contributed by atoms with Gasteiger partial charge >= 0.3 is 0 Å². The fraction of sp³-hybridized carbons (Fsp3) is 0.323. The Balaban J connectivity index is 1.34. The Kier molecular flexibility index (Phi) is 8.06. The van der Waals surface area contributed by atoms with Crippen molar-refractivity contribution < 1.29 is 14.2 Å². The van der Waals surface area contributed by atoms with E-state index < -0.39 is 0 Å². The number of methoxy groups -OCH3 is 2. The lowest BCUT2D eigenvalue weighted by Crippen LogP contribution is -2.31. The summed E-state index contributed by atoms with van der Waals surface area (Å²) in [6.45, 7) is 4.32. The molecule has 1 aliphatic heterocycles. The molecule has 1 aromatic heterocycles. The minimum absolute atomic E-state index is 0.737. The summed E-state index contributed by atoms with van der Waals surface area (Å²) in [5.41, 5.74) is 4.97. The topological polar surface area (TPSA) is 48.8 Å². The molecule has 1 saturated heterocycles. The Morgan fingerprint density at radius 3 is 1.95 bits per heavy atom. The minimum Gasteiger partial charge on any atom is -0.497 e. The summed E-state index contributed by atoms with van der Waals surface area (Å²) < 4.78 is 18.7. The second-order valence-electron chi connectivity index (χ2n) is 9.38. The normalized spacial score (nSPS) is 13.9. The first-order valence-electron chi connectivity index (χ1n) is 13.1. The maximum atomic E-state index is 6.05. The monoisotopic (exact) mass is 497 g/mol. The zero-order valence-corrected chi connectivity index (χ0v) is 21.7. The molecule has 2 heterocycles. The Morgan fingerprint density at radius 2 is 1.30 bits per heavy atom. The quantitative estimate of drug-likeness (QED) is 0.235. The molecule has 4 aromatic rings. The highest BCUT2D eigenvalue weighted by Gasteiger charge is 2.14. The Morgan fingerprint density at radius 1 is 0.703 bits per heavy atom. The van der Waals surface area contributed by atoms with Gasteiger partial charge < -0.3 is 19.1 Å². The zero-order valence-electron chi connectivity index (χ0n) is 21.7. The third-order valence-corrected chi connectivity index (χ3v) is 6.90. The van der Waals surface area contributed by atoms with Gasteiger partial charge in [-0.15, -0.1) is 0 Å². The second-order valence-corrected chi connectivity index (χ2v) is 9.38. The molecule has 0 spiro atoms. The first kappa shape index (κ1) is 24.9. The van der Waals surface area contributed by atoms with Gasteiger partial charge in [-0.25, -0.2) is 4.68 Å². The average molecular weight is 498 g/mol. The standard InChI is InChI=1S/C31H35N3O3/c1-35-27-13-7-24(8-14-27)30-23-31(34(32-30)26-11-17-28(36-2)18-12-26)25-9-15-29(16-10-25)37-22-6-21-33-19-4-3-5-20-33/h7-18,23H,3-6,19-22H2,1-2H3. The highest BCUT2D eigenvalue weighted by atomic mass is 16.5. The molecule has 6 nitrogen and oxygen atoms in total. The SMILES string of the molecule is COc1ccc(-c2cc(-c3ccc(OCCCN4CCCCC4)cc3)n(-c3ccc(OC)cc3)n2)cc1. The predicted octanol–water partition coefficient (Wildman–Crippen LogP) is 6.48. The number of rotatable bonds is 10. The molecule has 37 heavy (non-hydrogen) atoms. The maximum absolute atomic E-state index is 6.05. The Hall–Kier alpha value is -3.77. The number of piperidine rings is 1. The molecule has 0 amide bonds. The highest BCUT2D eigenvalue weighted by Crippen LogP contribution is 2.31. The smallest absolute Gasteiger partial charge is 0.119 e. The molecule has 0 atom stereocenters. The molecule has 1 aliphatic rings. The van der Waals surface area contributed by atoms with Gasteiger partial charge in [0.25, 0.3) is 0 Å². The molecule has 1 fully saturated rings. The van der Waals surface area contributed by atoms with Crippen LogP contribution in [0.4, 0.5) is 0 Å². The summed E-state index contributed by atoms with van der Waals surface area (Å²) in [5.74, 6) is 2.54. The lowest BCUT2D eigenvalue weighted by atomic mass is 10.1. The van der Waals surface area contributed by atoms with Gasteiger partial charge in [-0.2, -0.15) is 5.10 Å². The summed E-state index contributed by atoms with van der Waals surface area (Å²) in [5, 5.41) is 4.96. The fourth-order valence-corrected chi connectivity index (χ4v) is 4.79. The number of hydrogen-bond donors (Lipinski definition) is 0. The third kappa shape index (κ3) is 6.15. The summed E-state index contributed by atoms with van der Waals surface area (Å²) in [7, 11) is 3.35. The van der Waals surface area contributed by atoms with E-state index in [1.807, 2.05) is 53.2 Å². The molecule has 0 unspecified atom stereocenters. The molecule has 0 bridgehead atoms. The van der Waals surface area contributed by atoms with E-state index in [1.165, 1.54) is 32.4 Å². The molecular formula is C31H35N3O3. The molecule has 0 N–H and O–H groups in total. The van der Waals surface area contributed by atoms with Gasteiger partial charge in [0, 0.05) is 17.7 Å². The van der Waals surface area contributed by atoms with E-state index in [2.05, 4.69) is 35.2 Å². The largest absolute Gasteiger partial charge is 0.497 e. The van der Waals surface area contributed by atoms with Crippen LogP contribution < -0.4 is 14.2 Å². The van der Waals surface area contributed by atoms with Gasteiger partial charge in [-0.3, -0.25) is 0 Å². The number of hydrogen-bond acceptors (Lipinski definition) is 5. The van der Waals surface area contributed by atoms with Crippen LogP contribution in [0.5, 0.6) is 17.2 Å². The van der Waals surface area contributed by atoms with Crippen molar-refractivity contribution >= 4 is 0 Å². The second kappa shape index (κ2) is 12.0. The van der Waals surface area contributed by atoms with Crippen molar-refractivity contribution in [2.75, 3.05) is 40.5 Å². The minimum atomic E-state index is 0.737. The summed E-state index contributed by atoms with van der Waals surface area (Å²) >= 11 is 0.